The van der Waals surface area contributed by atoms with Gasteiger partial charge in [0.05, 0.1) is 12.9 Å². The van der Waals surface area contributed by atoms with Crippen LogP contribution in [0.15, 0.2) is 24.3 Å². The second-order valence-corrected chi connectivity index (χ2v) is 5.57. The molecule has 0 spiro atoms. The zero-order chi connectivity index (χ0) is 13.8. The summed E-state index contributed by atoms with van der Waals surface area (Å²) in [6, 6.07) is 6.88. The van der Waals surface area contributed by atoms with Crippen molar-refractivity contribution in [1.82, 2.24) is 4.90 Å². The van der Waals surface area contributed by atoms with E-state index in [9.17, 15) is 13.2 Å². The molecule has 6 nitrogen and oxygen atoms in total. The van der Waals surface area contributed by atoms with Gasteiger partial charge in [0.2, 0.25) is 0 Å². The third-order valence-corrected chi connectivity index (χ3v) is 2.75. The van der Waals surface area contributed by atoms with Crippen molar-refractivity contribution < 1.29 is 22.5 Å². The molecular formula is C11H15NO5S. The van der Waals surface area contributed by atoms with Crippen molar-refractivity contribution in [3.8, 4) is 0 Å². The van der Waals surface area contributed by atoms with Gasteiger partial charge in [-0.2, -0.15) is 8.42 Å². The van der Waals surface area contributed by atoms with Crippen LogP contribution in [0.1, 0.15) is 11.1 Å². The molecule has 0 aliphatic rings. The molecule has 1 rings (SSSR count). The van der Waals surface area contributed by atoms with Crippen molar-refractivity contribution in [2.75, 3.05) is 13.3 Å². The van der Waals surface area contributed by atoms with E-state index in [-0.39, 0.29) is 13.2 Å². The molecule has 1 aromatic rings. The summed E-state index contributed by atoms with van der Waals surface area (Å²) in [6.07, 6.45) is -0.0112. The molecule has 0 bridgehead atoms. The van der Waals surface area contributed by atoms with Crippen LogP contribution in [0.3, 0.4) is 0 Å². The molecule has 0 saturated heterocycles. The molecule has 1 N–H and O–H groups in total. The normalized spacial score (nSPS) is 11.2. The number of carboxylic acid groups (broad SMARTS) is 1. The Balaban J connectivity index is 2.60. The highest BCUT2D eigenvalue weighted by Crippen LogP contribution is 2.09. The van der Waals surface area contributed by atoms with Crippen LogP contribution in [0.25, 0.3) is 0 Å². The number of hydrogen-bond acceptors (Lipinski definition) is 4. The fourth-order valence-corrected chi connectivity index (χ4v) is 1.61. The number of hydrogen-bond donors (Lipinski definition) is 1. The van der Waals surface area contributed by atoms with Crippen molar-refractivity contribution in [1.29, 1.82) is 0 Å². The van der Waals surface area contributed by atoms with Gasteiger partial charge in [0, 0.05) is 13.6 Å². The van der Waals surface area contributed by atoms with E-state index in [1.165, 1.54) is 7.05 Å². The quantitative estimate of drug-likeness (QED) is 0.817. The van der Waals surface area contributed by atoms with Gasteiger partial charge in [0.15, 0.2) is 0 Å². The summed E-state index contributed by atoms with van der Waals surface area (Å²) < 4.78 is 26.2. The summed E-state index contributed by atoms with van der Waals surface area (Å²) in [7, 11) is -1.97. The lowest BCUT2D eigenvalue weighted by atomic mass is 10.1. The predicted octanol–water partition coefficient (Wildman–Crippen LogP) is 1.27. The Morgan fingerprint density at radius 3 is 2.22 bits per heavy atom. The van der Waals surface area contributed by atoms with Crippen LogP contribution < -0.4 is 0 Å². The summed E-state index contributed by atoms with van der Waals surface area (Å²) in [6.45, 7) is 0.260. The highest BCUT2D eigenvalue weighted by molar-refractivity contribution is 7.85. The average molecular weight is 273 g/mol. The van der Waals surface area contributed by atoms with E-state index >= 15 is 0 Å². The maximum Gasteiger partial charge on any atom is 0.407 e. The minimum atomic E-state index is -3.45. The Morgan fingerprint density at radius 1 is 1.28 bits per heavy atom. The van der Waals surface area contributed by atoms with E-state index in [4.69, 9.17) is 5.11 Å². The SMILES string of the molecule is CN(Cc1ccc(COS(C)(=O)=O)cc1)C(=O)O. The van der Waals surface area contributed by atoms with E-state index < -0.39 is 16.2 Å². The molecule has 0 fully saturated rings. The van der Waals surface area contributed by atoms with E-state index in [0.717, 1.165) is 16.7 Å². The third kappa shape index (κ3) is 5.15. The van der Waals surface area contributed by atoms with Crippen LogP contribution >= 0.6 is 0 Å². The molecule has 0 saturated carbocycles. The smallest absolute Gasteiger partial charge is 0.407 e. The molecule has 0 unspecified atom stereocenters. The van der Waals surface area contributed by atoms with Crippen LogP contribution in [0.5, 0.6) is 0 Å². The maximum atomic E-state index is 10.8. The van der Waals surface area contributed by atoms with Gasteiger partial charge < -0.3 is 10.0 Å². The molecule has 0 aliphatic heterocycles. The number of nitrogens with zero attached hydrogens (tertiary/aromatic N) is 1. The summed E-state index contributed by atoms with van der Waals surface area (Å²) in [5.41, 5.74) is 1.53. The second kappa shape index (κ2) is 5.83. The Labute approximate surface area is 106 Å². The van der Waals surface area contributed by atoms with E-state index in [2.05, 4.69) is 4.18 Å². The molecule has 1 amide bonds. The van der Waals surface area contributed by atoms with Gasteiger partial charge >= 0.3 is 6.09 Å². The van der Waals surface area contributed by atoms with Gasteiger partial charge in [-0.3, -0.25) is 4.18 Å². The predicted molar refractivity (Wildman–Crippen MR) is 65.6 cm³/mol. The number of amides is 1. The number of benzene rings is 1. The van der Waals surface area contributed by atoms with Crippen LogP contribution in [-0.2, 0) is 27.5 Å². The van der Waals surface area contributed by atoms with E-state index in [0.29, 0.717) is 5.56 Å². The maximum absolute atomic E-state index is 10.8. The fraction of sp³-hybridized carbons (Fsp3) is 0.364. The zero-order valence-electron chi connectivity index (χ0n) is 10.2. The van der Waals surface area contributed by atoms with Gasteiger partial charge in [-0.05, 0) is 11.1 Å². The largest absolute Gasteiger partial charge is 0.465 e. The van der Waals surface area contributed by atoms with Gasteiger partial charge in [0.25, 0.3) is 10.1 Å². The molecule has 0 heterocycles. The molecule has 0 aromatic heterocycles. The van der Waals surface area contributed by atoms with Gasteiger partial charge in [0.1, 0.15) is 0 Å². The highest BCUT2D eigenvalue weighted by atomic mass is 32.2. The van der Waals surface area contributed by atoms with Crippen molar-refractivity contribution in [2.24, 2.45) is 0 Å². The Morgan fingerprint density at radius 2 is 1.78 bits per heavy atom. The monoisotopic (exact) mass is 273 g/mol. The van der Waals surface area contributed by atoms with Crippen molar-refractivity contribution >= 4 is 16.2 Å². The molecule has 1 aromatic carbocycles. The van der Waals surface area contributed by atoms with Crippen LogP contribution in [0.4, 0.5) is 4.79 Å². The van der Waals surface area contributed by atoms with Crippen LogP contribution in [0.2, 0.25) is 0 Å². The van der Waals surface area contributed by atoms with Gasteiger partial charge in [-0.25, -0.2) is 4.79 Å². The summed E-state index contributed by atoms with van der Waals surface area (Å²) in [5, 5.41) is 8.71. The lowest BCUT2D eigenvalue weighted by Crippen LogP contribution is -2.23. The molecule has 0 radical (unpaired) electrons. The number of carbonyl (C=O) groups is 1. The summed E-state index contributed by atoms with van der Waals surface area (Å²) in [5.74, 6) is 0. The van der Waals surface area contributed by atoms with E-state index in [1.807, 2.05) is 0 Å². The van der Waals surface area contributed by atoms with Crippen LogP contribution in [0, 0.1) is 0 Å². The first-order valence-corrected chi connectivity index (χ1v) is 6.96. The molecule has 7 heteroatoms. The first kappa shape index (κ1) is 14.5. The van der Waals surface area contributed by atoms with Crippen LogP contribution in [-0.4, -0.2) is 37.8 Å². The molecule has 0 aliphatic carbocycles. The highest BCUT2D eigenvalue weighted by Gasteiger charge is 2.06. The third-order valence-electron chi connectivity index (χ3n) is 2.21. The average Bonchev–Trinajstić information content (AvgIpc) is 2.27. The second-order valence-electron chi connectivity index (χ2n) is 3.92. The molecule has 18 heavy (non-hydrogen) atoms. The first-order valence-electron chi connectivity index (χ1n) is 5.14. The topological polar surface area (TPSA) is 83.9 Å². The first-order chi connectivity index (χ1) is 8.28. The Bertz CT molecular complexity index is 509. The minimum absolute atomic E-state index is 0.0200. The summed E-state index contributed by atoms with van der Waals surface area (Å²) in [4.78, 5) is 11.8. The number of rotatable bonds is 5. The molecule has 100 valence electrons. The molecular weight excluding hydrogens is 258 g/mol. The van der Waals surface area contributed by atoms with Crippen molar-refractivity contribution in [3.05, 3.63) is 35.4 Å². The van der Waals surface area contributed by atoms with Gasteiger partial charge in [-0.1, -0.05) is 24.3 Å². The lowest BCUT2D eigenvalue weighted by Gasteiger charge is -2.12. The zero-order valence-corrected chi connectivity index (χ0v) is 11.0. The van der Waals surface area contributed by atoms with Gasteiger partial charge in [-0.15, -0.1) is 0 Å². The standard InChI is InChI=1S/C11H15NO5S/c1-12(11(13)14)7-9-3-5-10(6-4-9)8-17-18(2,15)16/h3-6H,7-8H2,1-2H3,(H,13,14). The Kier molecular flexibility index (Phi) is 4.69. The Hall–Kier alpha value is -1.60. The van der Waals surface area contributed by atoms with Crippen molar-refractivity contribution in [3.63, 3.8) is 0 Å². The van der Waals surface area contributed by atoms with Crippen molar-refractivity contribution in [2.45, 2.75) is 13.2 Å². The molecule has 0 atom stereocenters. The minimum Gasteiger partial charge on any atom is -0.465 e. The lowest BCUT2D eigenvalue weighted by molar-refractivity contribution is 0.153. The summed E-state index contributed by atoms with van der Waals surface area (Å²) >= 11 is 0. The van der Waals surface area contributed by atoms with E-state index in [1.54, 1.807) is 24.3 Å². The fourth-order valence-electron chi connectivity index (χ4n) is 1.26.